The van der Waals surface area contributed by atoms with E-state index >= 15 is 0 Å². The van der Waals surface area contributed by atoms with Crippen molar-refractivity contribution in [1.82, 2.24) is 4.90 Å². The highest BCUT2D eigenvalue weighted by Crippen LogP contribution is 2.37. The molecule has 2 saturated heterocycles. The standard InChI is InChI=1S/C18H23NO3/c1-4-8-14-16(20)17-15(12-21-18(2,3)22-17)19(14)11-13-9-6-5-7-10-13/h1,5-7,9-10,14-17,20H,8,11-12H2,2-3H3/t14-,15+,16-,17+/m0/s1. The monoisotopic (exact) mass is 301 g/mol. The van der Waals surface area contributed by atoms with Crippen LogP contribution in [0.3, 0.4) is 0 Å². The summed E-state index contributed by atoms with van der Waals surface area (Å²) in [6.07, 6.45) is 5.17. The summed E-state index contributed by atoms with van der Waals surface area (Å²) in [7, 11) is 0. The normalized spacial score (nSPS) is 34.1. The van der Waals surface area contributed by atoms with E-state index in [1.54, 1.807) is 0 Å². The van der Waals surface area contributed by atoms with Gasteiger partial charge in [0.2, 0.25) is 0 Å². The first-order chi connectivity index (χ1) is 10.5. The Hall–Kier alpha value is -1.38. The first kappa shape index (κ1) is 15.5. The molecule has 1 aromatic carbocycles. The van der Waals surface area contributed by atoms with Gasteiger partial charge in [-0.15, -0.1) is 12.3 Å². The Morgan fingerprint density at radius 2 is 2.09 bits per heavy atom. The van der Waals surface area contributed by atoms with Crippen molar-refractivity contribution in [3.8, 4) is 12.3 Å². The van der Waals surface area contributed by atoms with Crippen LogP contribution in [0.15, 0.2) is 30.3 Å². The first-order valence-corrected chi connectivity index (χ1v) is 7.75. The zero-order chi connectivity index (χ0) is 15.7. The van der Waals surface area contributed by atoms with Crippen molar-refractivity contribution in [2.45, 2.75) is 56.9 Å². The number of likely N-dealkylation sites (tertiary alicyclic amines) is 1. The van der Waals surface area contributed by atoms with E-state index in [9.17, 15) is 5.11 Å². The second-order valence-electron chi connectivity index (χ2n) is 6.48. The quantitative estimate of drug-likeness (QED) is 0.864. The van der Waals surface area contributed by atoms with Gasteiger partial charge in [0, 0.05) is 19.0 Å². The lowest BCUT2D eigenvalue weighted by atomic mass is 10.0. The van der Waals surface area contributed by atoms with E-state index in [0.29, 0.717) is 13.0 Å². The van der Waals surface area contributed by atoms with Crippen molar-refractivity contribution in [2.75, 3.05) is 6.61 Å². The third kappa shape index (κ3) is 2.90. The number of nitrogens with zero attached hydrogens (tertiary/aromatic N) is 1. The summed E-state index contributed by atoms with van der Waals surface area (Å²) in [4.78, 5) is 2.24. The molecule has 118 valence electrons. The fourth-order valence-electron chi connectivity index (χ4n) is 3.45. The van der Waals surface area contributed by atoms with Crippen molar-refractivity contribution in [3.63, 3.8) is 0 Å². The third-order valence-corrected chi connectivity index (χ3v) is 4.52. The fraction of sp³-hybridized carbons (Fsp3) is 0.556. The zero-order valence-electron chi connectivity index (χ0n) is 13.1. The first-order valence-electron chi connectivity index (χ1n) is 7.75. The molecule has 4 heteroatoms. The van der Waals surface area contributed by atoms with E-state index in [1.807, 2.05) is 32.0 Å². The number of ether oxygens (including phenoxy) is 2. The molecule has 2 aliphatic rings. The number of fused-ring (bicyclic) bond motifs is 1. The highest BCUT2D eigenvalue weighted by molar-refractivity contribution is 5.17. The van der Waals surface area contributed by atoms with Gasteiger partial charge in [0.25, 0.3) is 0 Å². The van der Waals surface area contributed by atoms with Gasteiger partial charge in [-0.3, -0.25) is 4.90 Å². The number of benzene rings is 1. The summed E-state index contributed by atoms with van der Waals surface area (Å²) in [5.41, 5.74) is 1.20. The van der Waals surface area contributed by atoms with Crippen LogP contribution in [-0.4, -0.2) is 46.7 Å². The molecule has 2 fully saturated rings. The molecular formula is C18H23NO3. The SMILES string of the molecule is C#CC[C@H]1[C@H](O)[C@@H]2OC(C)(C)OC[C@H]2N1Cc1ccccc1. The van der Waals surface area contributed by atoms with E-state index in [0.717, 1.165) is 6.54 Å². The molecule has 0 aliphatic carbocycles. The van der Waals surface area contributed by atoms with Crippen LogP contribution in [-0.2, 0) is 16.0 Å². The molecule has 0 bridgehead atoms. The summed E-state index contributed by atoms with van der Waals surface area (Å²) in [6.45, 7) is 5.04. The van der Waals surface area contributed by atoms with Crippen LogP contribution >= 0.6 is 0 Å². The van der Waals surface area contributed by atoms with E-state index in [-0.39, 0.29) is 18.2 Å². The minimum atomic E-state index is -0.661. The second kappa shape index (κ2) is 6.02. The Bertz CT molecular complexity index is 551. The van der Waals surface area contributed by atoms with Gasteiger partial charge >= 0.3 is 0 Å². The maximum absolute atomic E-state index is 10.7. The Kier molecular flexibility index (Phi) is 4.24. The molecule has 0 saturated carbocycles. The summed E-state index contributed by atoms with van der Waals surface area (Å²) in [6, 6.07) is 10.1. The van der Waals surface area contributed by atoms with Gasteiger partial charge in [0.1, 0.15) is 6.10 Å². The molecule has 0 radical (unpaired) electrons. The summed E-state index contributed by atoms with van der Waals surface area (Å²) >= 11 is 0. The summed E-state index contributed by atoms with van der Waals surface area (Å²) < 4.78 is 11.8. The van der Waals surface area contributed by atoms with E-state index < -0.39 is 11.9 Å². The predicted octanol–water partition coefficient (Wildman–Crippen LogP) is 1.78. The van der Waals surface area contributed by atoms with Gasteiger partial charge < -0.3 is 14.6 Å². The second-order valence-corrected chi connectivity index (χ2v) is 6.48. The average Bonchev–Trinajstić information content (AvgIpc) is 2.73. The topological polar surface area (TPSA) is 41.9 Å². The van der Waals surface area contributed by atoms with E-state index in [4.69, 9.17) is 15.9 Å². The van der Waals surface area contributed by atoms with Gasteiger partial charge in [-0.05, 0) is 19.4 Å². The molecule has 4 nitrogen and oxygen atoms in total. The van der Waals surface area contributed by atoms with E-state index in [2.05, 4.69) is 23.0 Å². The zero-order valence-corrected chi connectivity index (χ0v) is 13.1. The summed E-state index contributed by atoms with van der Waals surface area (Å²) in [5.74, 6) is 2.03. The lowest BCUT2D eigenvalue weighted by Gasteiger charge is -2.40. The molecule has 0 unspecified atom stereocenters. The smallest absolute Gasteiger partial charge is 0.163 e. The molecule has 1 N–H and O–H groups in total. The lowest BCUT2D eigenvalue weighted by molar-refractivity contribution is -0.292. The van der Waals surface area contributed by atoms with Gasteiger partial charge in [0.05, 0.1) is 18.8 Å². The van der Waals surface area contributed by atoms with Gasteiger partial charge in [-0.2, -0.15) is 0 Å². The van der Waals surface area contributed by atoms with Crippen molar-refractivity contribution in [3.05, 3.63) is 35.9 Å². The van der Waals surface area contributed by atoms with E-state index in [1.165, 1.54) is 5.56 Å². The number of aliphatic hydroxyl groups excluding tert-OH is 1. The van der Waals surface area contributed by atoms with Crippen LogP contribution in [0.5, 0.6) is 0 Å². The molecule has 0 amide bonds. The molecule has 3 rings (SSSR count). The van der Waals surface area contributed by atoms with Gasteiger partial charge in [-0.1, -0.05) is 30.3 Å². The largest absolute Gasteiger partial charge is 0.389 e. The van der Waals surface area contributed by atoms with Gasteiger partial charge in [-0.25, -0.2) is 0 Å². The highest BCUT2D eigenvalue weighted by Gasteiger charge is 2.53. The Morgan fingerprint density at radius 3 is 2.77 bits per heavy atom. The van der Waals surface area contributed by atoms with Crippen molar-refractivity contribution in [1.29, 1.82) is 0 Å². The highest BCUT2D eigenvalue weighted by atomic mass is 16.7. The number of terminal acetylenes is 1. The minimum absolute atomic E-state index is 0.0292. The predicted molar refractivity (Wildman–Crippen MR) is 83.9 cm³/mol. The van der Waals surface area contributed by atoms with Crippen LogP contribution < -0.4 is 0 Å². The van der Waals surface area contributed by atoms with Gasteiger partial charge in [0.15, 0.2) is 5.79 Å². The molecule has 22 heavy (non-hydrogen) atoms. The minimum Gasteiger partial charge on any atom is -0.389 e. The fourth-order valence-corrected chi connectivity index (χ4v) is 3.45. The molecule has 0 aromatic heterocycles. The molecule has 1 aromatic rings. The van der Waals surface area contributed by atoms with Crippen molar-refractivity contribution in [2.24, 2.45) is 0 Å². The Labute approximate surface area is 132 Å². The molecule has 2 aliphatic heterocycles. The molecular weight excluding hydrogens is 278 g/mol. The van der Waals surface area contributed by atoms with Crippen LogP contribution in [0.25, 0.3) is 0 Å². The Morgan fingerprint density at radius 1 is 1.36 bits per heavy atom. The maximum atomic E-state index is 10.7. The van der Waals surface area contributed by atoms with Crippen molar-refractivity contribution < 1.29 is 14.6 Å². The van der Waals surface area contributed by atoms with Crippen LogP contribution in [0.1, 0.15) is 25.8 Å². The molecule has 0 spiro atoms. The Balaban J connectivity index is 1.84. The van der Waals surface area contributed by atoms with Crippen LogP contribution in [0, 0.1) is 12.3 Å². The number of hydrogen-bond donors (Lipinski definition) is 1. The van der Waals surface area contributed by atoms with Crippen LogP contribution in [0.4, 0.5) is 0 Å². The van der Waals surface area contributed by atoms with Crippen molar-refractivity contribution >= 4 is 0 Å². The number of aliphatic hydroxyl groups is 1. The third-order valence-electron chi connectivity index (χ3n) is 4.52. The summed E-state index contributed by atoms with van der Waals surface area (Å²) in [5, 5.41) is 10.7. The molecule has 2 heterocycles. The number of hydrogen-bond acceptors (Lipinski definition) is 4. The maximum Gasteiger partial charge on any atom is 0.163 e. The average molecular weight is 301 g/mol. The lowest BCUT2D eigenvalue weighted by Crippen LogP contribution is -2.52. The van der Waals surface area contributed by atoms with Crippen LogP contribution in [0.2, 0.25) is 0 Å². The molecule has 4 atom stereocenters. The number of rotatable bonds is 3.